The second-order valence-electron chi connectivity index (χ2n) is 3.95. The number of amides is 1. The van der Waals surface area contributed by atoms with Crippen LogP contribution in [0.2, 0.25) is 0 Å². The standard InChI is InChI=1S/C11H19NO3.2C2H6/c1-9(2)15-11(14)12-7-3-5-10(12)6-4-8-13;2*1-2/h4,6,9-10,13H,3,5,7-8H2,1-2H3;2*1-2H3/b6-4+;;. The number of aliphatic hydroxyl groups excluding tert-OH is 1. The van der Waals surface area contributed by atoms with Crippen LogP contribution in [0.5, 0.6) is 0 Å². The van der Waals surface area contributed by atoms with Crippen LogP contribution in [-0.2, 0) is 4.74 Å². The van der Waals surface area contributed by atoms with Crippen molar-refractivity contribution in [1.82, 2.24) is 4.90 Å². The van der Waals surface area contributed by atoms with Crippen LogP contribution in [0.25, 0.3) is 0 Å². The summed E-state index contributed by atoms with van der Waals surface area (Å²) in [7, 11) is 0. The summed E-state index contributed by atoms with van der Waals surface area (Å²) in [4.78, 5) is 13.4. The van der Waals surface area contributed by atoms with E-state index in [-0.39, 0.29) is 24.8 Å². The highest BCUT2D eigenvalue weighted by Gasteiger charge is 2.28. The number of likely N-dealkylation sites (tertiary alicyclic amines) is 1. The molecule has 0 aromatic carbocycles. The van der Waals surface area contributed by atoms with Crippen LogP contribution < -0.4 is 0 Å². The molecule has 0 saturated carbocycles. The van der Waals surface area contributed by atoms with Gasteiger partial charge >= 0.3 is 6.09 Å². The second kappa shape index (κ2) is 13.4. The Bertz CT molecular complexity index is 240. The monoisotopic (exact) mass is 273 g/mol. The number of carbonyl (C=O) groups excluding carboxylic acids is 1. The first kappa shape index (κ1) is 20.3. The second-order valence-corrected chi connectivity index (χ2v) is 3.95. The Labute approximate surface area is 118 Å². The number of hydrogen-bond donors (Lipinski definition) is 1. The summed E-state index contributed by atoms with van der Waals surface area (Å²) in [5.41, 5.74) is 0. The fraction of sp³-hybridized carbons (Fsp3) is 0.800. The minimum Gasteiger partial charge on any atom is -0.447 e. The highest BCUT2D eigenvalue weighted by molar-refractivity contribution is 5.69. The predicted octanol–water partition coefficient (Wildman–Crippen LogP) is 3.60. The van der Waals surface area contributed by atoms with Crippen molar-refractivity contribution in [2.75, 3.05) is 13.2 Å². The van der Waals surface area contributed by atoms with E-state index in [1.165, 1.54) is 0 Å². The summed E-state index contributed by atoms with van der Waals surface area (Å²) in [6.45, 7) is 12.4. The molecule has 1 unspecified atom stereocenters. The maximum atomic E-state index is 11.6. The topological polar surface area (TPSA) is 49.8 Å². The van der Waals surface area contributed by atoms with Crippen molar-refractivity contribution < 1.29 is 14.6 Å². The molecule has 114 valence electrons. The molecular formula is C15H31NO3. The molecule has 1 aliphatic rings. The van der Waals surface area contributed by atoms with Gasteiger partial charge in [-0.1, -0.05) is 39.8 Å². The maximum Gasteiger partial charge on any atom is 0.410 e. The van der Waals surface area contributed by atoms with Gasteiger partial charge in [-0.15, -0.1) is 0 Å². The van der Waals surface area contributed by atoms with Gasteiger partial charge in [0.2, 0.25) is 0 Å². The molecule has 1 N–H and O–H groups in total. The average Bonchev–Trinajstić information content (AvgIpc) is 2.88. The first-order valence-corrected chi connectivity index (χ1v) is 7.40. The molecule has 0 radical (unpaired) electrons. The van der Waals surface area contributed by atoms with Gasteiger partial charge in [0, 0.05) is 6.54 Å². The smallest absolute Gasteiger partial charge is 0.410 e. The van der Waals surface area contributed by atoms with Gasteiger partial charge in [0.25, 0.3) is 0 Å². The van der Waals surface area contributed by atoms with Gasteiger partial charge in [0.1, 0.15) is 0 Å². The van der Waals surface area contributed by atoms with Crippen LogP contribution in [0, 0.1) is 0 Å². The third-order valence-corrected chi connectivity index (χ3v) is 2.33. The van der Waals surface area contributed by atoms with Crippen molar-refractivity contribution >= 4 is 6.09 Å². The molecule has 1 atom stereocenters. The van der Waals surface area contributed by atoms with Gasteiger partial charge in [-0.05, 0) is 26.7 Å². The number of rotatable bonds is 3. The lowest BCUT2D eigenvalue weighted by Crippen LogP contribution is -2.36. The first-order valence-electron chi connectivity index (χ1n) is 7.40. The van der Waals surface area contributed by atoms with E-state index < -0.39 is 0 Å². The van der Waals surface area contributed by atoms with E-state index in [0.717, 1.165) is 19.4 Å². The van der Waals surface area contributed by atoms with E-state index in [0.29, 0.717) is 0 Å². The molecule has 1 rings (SSSR count). The zero-order chi connectivity index (χ0) is 15.3. The Hall–Kier alpha value is -1.03. The van der Waals surface area contributed by atoms with Crippen LogP contribution in [0.1, 0.15) is 54.4 Å². The van der Waals surface area contributed by atoms with Crippen LogP contribution in [0.4, 0.5) is 4.79 Å². The van der Waals surface area contributed by atoms with E-state index in [1.807, 2.05) is 47.6 Å². The Morgan fingerprint density at radius 1 is 1.37 bits per heavy atom. The SMILES string of the molecule is CC.CC.CC(C)OC(=O)N1CCCC1/C=C/CO. The van der Waals surface area contributed by atoms with Crippen molar-refractivity contribution in [3.63, 3.8) is 0 Å². The van der Waals surface area contributed by atoms with Crippen LogP contribution >= 0.6 is 0 Å². The summed E-state index contributed by atoms with van der Waals surface area (Å²) in [5.74, 6) is 0. The predicted molar refractivity (Wildman–Crippen MR) is 80.3 cm³/mol. The lowest BCUT2D eigenvalue weighted by Gasteiger charge is -2.22. The molecule has 1 heterocycles. The Balaban J connectivity index is 0. The van der Waals surface area contributed by atoms with Gasteiger partial charge < -0.3 is 14.7 Å². The number of hydrogen-bond acceptors (Lipinski definition) is 3. The number of ether oxygens (including phenoxy) is 1. The van der Waals surface area contributed by atoms with Crippen LogP contribution in [0.15, 0.2) is 12.2 Å². The molecular weight excluding hydrogens is 242 g/mol. The summed E-state index contributed by atoms with van der Waals surface area (Å²) in [6.07, 6.45) is 5.15. The summed E-state index contributed by atoms with van der Waals surface area (Å²) >= 11 is 0. The fourth-order valence-corrected chi connectivity index (χ4v) is 1.71. The molecule has 0 aliphatic carbocycles. The van der Waals surface area contributed by atoms with E-state index >= 15 is 0 Å². The normalized spacial score (nSPS) is 17.7. The summed E-state index contributed by atoms with van der Waals surface area (Å²) < 4.78 is 5.13. The molecule has 0 bridgehead atoms. The third kappa shape index (κ3) is 8.65. The zero-order valence-corrected chi connectivity index (χ0v) is 13.3. The Morgan fingerprint density at radius 3 is 2.42 bits per heavy atom. The van der Waals surface area contributed by atoms with Gasteiger partial charge in [0.15, 0.2) is 0 Å². The highest BCUT2D eigenvalue weighted by atomic mass is 16.6. The molecule has 1 amide bonds. The molecule has 1 aliphatic heterocycles. The summed E-state index contributed by atoms with van der Waals surface area (Å²) in [6, 6.07) is 0.0865. The number of aliphatic hydroxyl groups is 1. The van der Waals surface area contributed by atoms with E-state index in [4.69, 9.17) is 9.84 Å². The molecule has 4 heteroatoms. The Morgan fingerprint density at radius 2 is 1.95 bits per heavy atom. The van der Waals surface area contributed by atoms with Gasteiger partial charge in [0.05, 0.1) is 18.8 Å². The molecule has 0 spiro atoms. The number of carbonyl (C=O) groups is 1. The number of nitrogens with zero attached hydrogens (tertiary/aromatic N) is 1. The van der Waals surface area contributed by atoms with Gasteiger partial charge in [-0.3, -0.25) is 0 Å². The van der Waals surface area contributed by atoms with Gasteiger partial charge in [-0.25, -0.2) is 4.79 Å². The lowest BCUT2D eigenvalue weighted by molar-refractivity contribution is 0.0778. The zero-order valence-electron chi connectivity index (χ0n) is 13.3. The maximum absolute atomic E-state index is 11.6. The van der Waals surface area contributed by atoms with Crippen molar-refractivity contribution in [2.45, 2.75) is 66.5 Å². The van der Waals surface area contributed by atoms with Crippen molar-refractivity contribution in [3.8, 4) is 0 Å². The molecule has 1 saturated heterocycles. The van der Waals surface area contributed by atoms with Crippen molar-refractivity contribution in [2.24, 2.45) is 0 Å². The molecule has 19 heavy (non-hydrogen) atoms. The van der Waals surface area contributed by atoms with Crippen LogP contribution in [0.3, 0.4) is 0 Å². The summed E-state index contributed by atoms with van der Waals surface area (Å²) in [5, 5.41) is 8.68. The average molecular weight is 273 g/mol. The van der Waals surface area contributed by atoms with Crippen molar-refractivity contribution in [1.29, 1.82) is 0 Å². The minimum absolute atomic E-state index is 0.0174. The quantitative estimate of drug-likeness (QED) is 0.799. The molecule has 0 aromatic rings. The fourth-order valence-electron chi connectivity index (χ4n) is 1.71. The van der Waals surface area contributed by atoms with E-state index in [1.54, 1.807) is 11.0 Å². The first-order chi connectivity index (χ1) is 9.15. The van der Waals surface area contributed by atoms with Crippen LogP contribution in [-0.4, -0.2) is 41.4 Å². The molecule has 4 nitrogen and oxygen atoms in total. The van der Waals surface area contributed by atoms with E-state index in [2.05, 4.69) is 0 Å². The van der Waals surface area contributed by atoms with E-state index in [9.17, 15) is 4.79 Å². The lowest BCUT2D eigenvalue weighted by atomic mass is 10.2. The molecule has 0 aromatic heterocycles. The highest BCUT2D eigenvalue weighted by Crippen LogP contribution is 2.19. The molecule has 1 fully saturated rings. The van der Waals surface area contributed by atoms with Crippen molar-refractivity contribution in [3.05, 3.63) is 12.2 Å². The Kier molecular flexibility index (Phi) is 14.3. The van der Waals surface area contributed by atoms with Gasteiger partial charge in [-0.2, -0.15) is 0 Å². The third-order valence-electron chi connectivity index (χ3n) is 2.33. The minimum atomic E-state index is -0.255. The largest absolute Gasteiger partial charge is 0.447 e.